The minimum atomic E-state index is 0.377. The van der Waals surface area contributed by atoms with E-state index in [9.17, 15) is 0 Å². The molecule has 2 nitrogen and oxygen atoms in total. The molecule has 1 aliphatic carbocycles. The van der Waals surface area contributed by atoms with Crippen LogP contribution in [0.25, 0.3) is 0 Å². The Morgan fingerprint density at radius 1 is 1.33 bits per heavy atom. The van der Waals surface area contributed by atoms with Gasteiger partial charge < -0.3 is 10.1 Å². The van der Waals surface area contributed by atoms with Crippen LogP contribution in [0.2, 0.25) is 0 Å². The van der Waals surface area contributed by atoms with Gasteiger partial charge in [-0.05, 0) is 25.3 Å². The van der Waals surface area contributed by atoms with Crippen LogP contribution in [0.5, 0.6) is 0 Å². The molecule has 12 heavy (non-hydrogen) atoms. The fourth-order valence-electron chi connectivity index (χ4n) is 2.52. The standard InChI is InChI=1S/C10H13NO/c1-2-9-8(4-6-12-9)10-7(1)3-5-11-10/h4,6-7,9,11H,1-3,5H2. The molecule has 0 spiro atoms. The highest BCUT2D eigenvalue weighted by Gasteiger charge is 2.33. The number of nitrogens with one attached hydrogen (secondary N) is 1. The predicted octanol–water partition coefficient (Wildman–Crippen LogP) is 1.56. The second-order valence-electron chi connectivity index (χ2n) is 3.79. The molecule has 0 amide bonds. The van der Waals surface area contributed by atoms with E-state index >= 15 is 0 Å². The van der Waals surface area contributed by atoms with Crippen LogP contribution in [0.15, 0.2) is 23.6 Å². The van der Waals surface area contributed by atoms with Crippen LogP contribution in [0.3, 0.4) is 0 Å². The summed E-state index contributed by atoms with van der Waals surface area (Å²) in [6.45, 7) is 1.16. The molecule has 0 radical (unpaired) electrons. The van der Waals surface area contributed by atoms with Gasteiger partial charge in [0.25, 0.3) is 0 Å². The average molecular weight is 163 g/mol. The molecule has 0 saturated carbocycles. The van der Waals surface area contributed by atoms with E-state index in [4.69, 9.17) is 4.74 Å². The van der Waals surface area contributed by atoms with Gasteiger partial charge in [0.15, 0.2) is 0 Å². The third-order valence-corrected chi connectivity index (χ3v) is 3.14. The molecule has 2 atom stereocenters. The van der Waals surface area contributed by atoms with E-state index in [1.165, 1.54) is 30.5 Å². The Balaban J connectivity index is 2.05. The Kier molecular flexibility index (Phi) is 1.25. The van der Waals surface area contributed by atoms with Crippen LogP contribution in [0.1, 0.15) is 19.3 Å². The Morgan fingerprint density at radius 3 is 3.33 bits per heavy atom. The lowest BCUT2D eigenvalue weighted by molar-refractivity contribution is 0.170. The first kappa shape index (κ1) is 6.58. The summed E-state index contributed by atoms with van der Waals surface area (Å²) in [5.41, 5.74) is 2.89. The zero-order valence-corrected chi connectivity index (χ0v) is 7.05. The van der Waals surface area contributed by atoms with Crippen molar-refractivity contribution in [1.29, 1.82) is 0 Å². The van der Waals surface area contributed by atoms with E-state index in [1.807, 2.05) is 6.26 Å². The molecule has 2 unspecified atom stereocenters. The maximum Gasteiger partial charge on any atom is 0.125 e. The van der Waals surface area contributed by atoms with Crippen molar-refractivity contribution >= 4 is 0 Å². The quantitative estimate of drug-likeness (QED) is 0.585. The van der Waals surface area contributed by atoms with Crippen molar-refractivity contribution in [2.45, 2.75) is 25.4 Å². The summed E-state index contributed by atoms with van der Waals surface area (Å²) in [7, 11) is 0. The molecule has 1 fully saturated rings. The summed E-state index contributed by atoms with van der Waals surface area (Å²) < 4.78 is 5.49. The summed E-state index contributed by atoms with van der Waals surface area (Å²) in [6.07, 6.45) is 8.18. The number of allylic oxidation sites excluding steroid dienone is 1. The van der Waals surface area contributed by atoms with Crippen LogP contribution in [-0.4, -0.2) is 12.6 Å². The number of fused-ring (bicyclic) bond motifs is 2. The number of ether oxygens (including phenoxy) is 1. The maximum absolute atomic E-state index is 5.49. The third-order valence-electron chi connectivity index (χ3n) is 3.14. The van der Waals surface area contributed by atoms with E-state index in [0.717, 1.165) is 12.5 Å². The second-order valence-corrected chi connectivity index (χ2v) is 3.79. The second kappa shape index (κ2) is 2.28. The minimum absolute atomic E-state index is 0.377. The van der Waals surface area contributed by atoms with Gasteiger partial charge in [-0.3, -0.25) is 0 Å². The monoisotopic (exact) mass is 163 g/mol. The first-order valence-corrected chi connectivity index (χ1v) is 4.75. The molecule has 1 saturated heterocycles. The van der Waals surface area contributed by atoms with Gasteiger partial charge in [0.2, 0.25) is 0 Å². The first-order valence-electron chi connectivity index (χ1n) is 4.75. The topological polar surface area (TPSA) is 21.3 Å². The molecule has 3 aliphatic rings. The van der Waals surface area contributed by atoms with Gasteiger partial charge in [0.05, 0.1) is 6.26 Å². The van der Waals surface area contributed by atoms with Crippen LogP contribution >= 0.6 is 0 Å². The van der Waals surface area contributed by atoms with Crippen molar-refractivity contribution in [3.63, 3.8) is 0 Å². The van der Waals surface area contributed by atoms with Gasteiger partial charge >= 0.3 is 0 Å². The zero-order valence-electron chi connectivity index (χ0n) is 7.05. The molecule has 3 rings (SSSR count). The summed E-state index contributed by atoms with van der Waals surface area (Å²) in [5, 5.41) is 3.48. The number of rotatable bonds is 0. The molecule has 0 aromatic carbocycles. The zero-order chi connectivity index (χ0) is 7.97. The number of hydrogen-bond donors (Lipinski definition) is 1. The summed E-state index contributed by atoms with van der Waals surface area (Å²) >= 11 is 0. The van der Waals surface area contributed by atoms with Gasteiger partial charge in [-0.1, -0.05) is 0 Å². The van der Waals surface area contributed by atoms with Crippen LogP contribution < -0.4 is 5.32 Å². The van der Waals surface area contributed by atoms with Gasteiger partial charge in [-0.15, -0.1) is 0 Å². The largest absolute Gasteiger partial charge is 0.493 e. The van der Waals surface area contributed by atoms with Crippen LogP contribution in [0.4, 0.5) is 0 Å². The third kappa shape index (κ3) is 0.752. The lowest BCUT2D eigenvalue weighted by atomic mass is 9.86. The van der Waals surface area contributed by atoms with Crippen molar-refractivity contribution in [1.82, 2.24) is 5.32 Å². The smallest absolute Gasteiger partial charge is 0.125 e. The molecular formula is C10H13NO. The van der Waals surface area contributed by atoms with E-state index in [1.54, 1.807) is 0 Å². The number of hydrogen-bond acceptors (Lipinski definition) is 2. The first-order chi connectivity index (χ1) is 5.95. The predicted molar refractivity (Wildman–Crippen MR) is 46.4 cm³/mol. The SMILES string of the molecule is C1=CC2=C3NCCC3CCC2O1. The fraction of sp³-hybridized carbons (Fsp3) is 0.600. The molecule has 64 valence electrons. The average Bonchev–Trinajstić information content (AvgIpc) is 2.71. The van der Waals surface area contributed by atoms with E-state index in [2.05, 4.69) is 11.4 Å². The Labute approximate surface area is 72.3 Å². The van der Waals surface area contributed by atoms with E-state index in [-0.39, 0.29) is 0 Å². The molecule has 0 bridgehead atoms. The molecule has 2 heterocycles. The summed E-state index contributed by atoms with van der Waals surface area (Å²) in [5.74, 6) is 0.808. The molecule has 0 aromatic rings. The van der Waals surface area contributed by atoms with Crippen LogP contribution in [0, 0.1) is 5.92 Å². The molecular weight excluding hydrogens is 150 g/mol. The molecule has 2 aliphatic heterocycles. The minimum Gasteiger partial charge on any atom is -0.493 e. The lowest BCUT2D eigenvalue weighted by Gasteiger charge is -2.24. The van der Waals surface area contributed by atoms with Crippen molar-refractivity contribution in [2.75, 3.05) is 6.54 Å². The summed E-state index contributed by atoms with van der Waals surface area (Å²) in [4.78, 5) is 0. The van der Waals surface area contributed by atoms with Crippen LogP contribution in [-0.2, 0) is 4.74 Å². The van der Waals surface area contributed by atoms with Crippen molar-refractivity contribution in [2.24, 2.45) is 5.92 Å². The molecule has 1 N–H and O–H groups in total. The Hall–Kier alpha value is -0.920. The molecule has 0 aromatic heterocycles. The Morgan fingerprint density at radius 2 is 2.33 bits per heavy atom. The summed E-state index contributed by atoms with van der Waals surface area (Å²) in [6, 6.07) is 0. The van der Waals surface area contributed by atoms with Gasteiger partial charge in [0.1, 0.15) is 6.10 Å². The van der Waals surface area contributed by atoms with E-state index in [0.29, 0.717) is 6.10 Å². The van der Waals surface area contributed by atoms with E-state index < -0.39 is 0 Å². The highest BCUT2D eigenvalue weighted by Crippen LogP contribution is 2.38. The van der Waals surface area contributed by atoms with Crippen molar-refractivity contribution < 1.29 is 4.74 Å². The normalized spacial score (nSPS) is 37.3. The van der Waals surface area contributed by atoms with Gasteiger partial charge in [0, 0.05) is 23.7 Å². The fourth-order valence-corrected chi connectivity index (χ4v) is 2.52. The van der Waals surface area contributed by atoms with Crippen molar-refractivity contribution in [3.05, 3.63) is 23.6 Å². The van der Waals surface area contributed by atoms with Gasteiger partial charge in [-0.2, -0.15) is 0 Å². The highest BCUT2D eigenvalue weighted by molar-refractivity contribution is 5.36. The molecule has 2 heteroatoms. The lowest BCUT2D eigenvalue weighted by Crippen LogP contribution is -2.22. The van der Waals surface area contributed by atoms with Crippen molar-refractivity contribution in [3.8, 4) is 0 Å². The maximum atomic E-state index is 5.49. The van der Waals surface area contributed by atoms with Gasteiger partial charge in [-0.25, -0.2) is 0 Å². The Bertz CT molecular complexity index is 267. The highest BCUT2D eigenvalue weighted by atomic mass is 16.5.